The zero-order valence-corrected chi connectivity index (χ0v) is 7.47. The molecule has 1 nitrogen and oxygen atoms in total. The van der Waals surface area contributed by atoms with Crippen LogP contribution in [0.15, 0.2) is 30.3 Å². The van der Waals surface area contributed by atoms with Gasteiger partial charge in [-0.2, -0.15) is 0 Å². The monoisotopic (exact) mass is 204 g/mol. The van der Waals surface area contributed by atoms with E-state index in [1.807, 2.05) is 18.2 Å². The van der Waals surface area contributed by atoms with E-state index in [0.717, 1.165) is 0 Å². The first kappa shape index (κ1) is 12.6. The Bertz CT molecular complexity index is 159. The molecule has 0 amide bonds. The Balaban J connectivity index is -0.000000213. The molecule has 0 bridgehead atoms. The third-order valence-electron chi connectivity index (χ3n) is 0.743. The molecule has 1 aromatic carbocycles. The predicted molar refractivity (Wildman–Crippen MR) is 49.9 cm³/mol. The normalized spacial score (nSPS) is 7.00. The van der Waals surface area contributed by atoms with Gasteiger partial charge >= 0.3 is 0 Å². The Morgan fingerprint density at radius 1 is 1.00 bits per heavy atom. The van der Waals surface area contributed by atoms with Gasteiger partial charge in [-0.1, -0.05) is 18.2 Å². The van der Waals surface area contributed by atoms with Crippen molar-refractivity contribution in [3.05, 3.63) is 30.3 Å². The van der Waals surface area contributed by atoms with Gasteiger partial charge in [0.05, 0.1) is 0 Å². The van der Waals surface area contributed by atoms with Crippen LogP contribution in [0.5, 0.6) is 5.75 Å². The summed E-state index contributed by atoms with van der Waals surface area (Å²) >= 11 is 0. The topological polar surface area (TPSA) is 20.2 Å². The van der Waals surface area contributed by atoms with E-state index in [9.17, 15) is 0 Å². The van der Waals surface area contributed by atoms with Crippen LogP contribution < -0.4 is 0 Å². The fraction of sp³-hybridized carbons (Fsp3) is 0. The van der Waals surface area contributed by atoms with Crippen LogP contribution in [0, 0.1) is 0 Å². The largest absolute Gasteiger partial charge is 0.508 e. The van der Waals surface area contributed by atoms with E-state index in [1.165, 1.54) is 0 Å². The summed E-state index contributed by atoms with van der Waals surface area (Å²) in [5, 5.41) is 4.16. The molecule has 0 atom stereocenters. The number of hydrogen-bond donors (Lipinski definition) is 1. The number of para-hydroxylation sites is 1. The van der Waals surface area contributed by atoms with Gasteiger partial charge in [0.1, 0.15) is 5.75 Å². The number of halogens is 3. The van der Waals surface area contributed by atoms with Gasteiger partial charge in [-0.25, -0.2) is 0 Å². The first-order valence-corrected chi connectivity index (χ1v) is 2.11. The molecule has 1 rings (SSSR count). The van der Waals surface area contributed by atoms with Crippen LogP contribution in [-0.2, 0) is 0 Å². The third kappa shape index (κ3) is 6.02. The lowest BCUT2D eigenvalue weighted by Crippen LogP contribution is -1.56. The van der Waals surface area contributed by atoms with Crippen molar-refractivity contribution in [2.24, 2.45) is 0 Å². The van der Waals surface area contributed by atoms with E-state index in [4.69, 9.17) is 1.43 Å². The molecule has 10 heavy (non-hydrogen) atoms. The minimum absolute atomic E-state index is 0. The van der Waals surface area contributed by atoms with E-state index in [1.54, 1.807) is 12.1 Å². The van der Waals surface area contributed by atoms with E-state index >= 15 is 0 Å². The van der Waals surface area contributed by atoms with E-state index in [0.29, 0.717) is 5.75 Å². The molecule has 0 saturated carbocycles. The average molecular weight is 206 g/mol. The summed E-state index contributed by atoms with van der Waals surface area (Å²) in [7, 11) is 0. The van der Waals surface area contributed by atoms with Crippen LogP contribution in [-0.4, -0.2) is 6.54 Å². The molecule has 0 unspecified atom stereocenters. The molecule has 0 aliphatic rings. The Hall–Kier alpha value is -0.110. The van der Waals surface area contributed by atoms with E-state index in [-0.39, 0.29) is 37.2 Å². The van der Waals surface area contributed by atoms with Gasteiger partial charge in [-0.05, 0) is 12.1 Å². The van der Waals surface area contributed by atoms with Crippen LogP contribution in [0.1, 0.15) is 0 Å². The minimum atomic E-state index is 0. The molecule has 4 heteroatoms. The van der Waals surface area contributed by atoms with Crippen molar-refractivity contribution in [2.45, 2.75) is 0 Å². The number of phenolic OH excluding ortho intramolecular Hbond substituents is 1. The lowest BCUT2D eigenvalue weighted by atomic mass is 10.3. The molecule has 0 heterocycles. The molecule has 1 N–H and O–H groups in total. The third-order valence-corrected chi connectivity index (χ3v) is 0.743. The van der Waals surface area contributed by atoms with Gasteiger partial charge < -0.3 is 5.11 Å². The summed E-state index contributed by atoms with van der Waals surface area (Å²) in [6.45, 7) is 0. The summed E-state index contributed by atoms with van der Waals surface area (Å²) in [5.41, 5.74) is 0. The van der Waals surface area contributed by atoms with Gasteiger partial charge in [0.15, 0.2) is 0 Å². The maximum absolute atomic E-state index is 6.44. The highest BCUT2D eigenvalue weighted by molar-refractivity contribution is 5.86. The molecule has 0 fully saturated rings. The summed E-state index contributed by atoms with van der Waals surface area (Å²) < 4.78 is 6.44. The average Bonchev–Trinajstić information content (AvgIpc) is 1.90. The van der Waals surface area contributed by atoms with Crippen molar-refractivity contribution in [1.29, 1.82) is 1.43 Å². The first-order chi connectivity index (χ1) is 3.93. The van der Waals surface area contributed by atoms with Crippen LogP contribution in [0.2, 0.25) is 0 Å². The van der Waals surface area contributed by atoms with Crippen LogP contribution in [0.4, 0.5) is 0 Å². The Labute approximate surface area is 80.2 Å². The fourth-order valence-electron chi connectivity index (χ4n) is 0.420. The molecule has 0 spiro atoms. The van der Waals surface area contributed by atoms with Crippen molar-refractivity contribution in [1.82, 2.24) is 0 Å². The van der Waals surface area contributed by atoms with Crippen LogP contribution >= 0.6 is 37.2 Å². The van der Waals surface area contributed by atoms with E-state index < -0.39 is 0 Å². The maximum atomic E-state index is 6.44. The number of phenols is 1. The standard InChI is InChI=1S/C6H6O.3ClH/c7-6-4-2-1-3-5-6;;;/h1-5,7H;3*1H/i/hT. The van der Waals surface area contributed by atoms with Crippen LogP contribution in [0.25, 0.3) is 0 Å². The van der Waals surface area contributed by atoms with Gasteiger partial charge in [0, 0.05) is 0 Å². The van der Waals surface area contributed by atoms with E-state index in [2.05, 4.69) is 5.11 Å². The summed E-state index contributed by atoms with van der Waals surface area (Å²) in [6, 6.07) is 8.98. The molecule has 0 radical (unpaired) electrons. The van der Waals surface area contributed by atoms with Crippen LogP contribution in [0.3, 0.4) is 0 Å². The number of aromatic hydroxyl groups is 1. The molecule has 0 saturated heterocycles. The summed E-state index contributed by atoms with van der Waals surface area (Å²) in [5.74, 6) is 0.576. The summed E-state index contributed by atoms with van der Waals surface area (Å²) in [4.78, 5) is 0. The number of hydrogen-bond acceptors (Lipinski definition) is 1. The van der Waals surface area contributed by atoms with Gasteiger partial charge in [-0.15, -0.1) is 37.2 Å². The molecule has 60 valence electrons. The summed E-state index contributed by atoms with van der Waals surface area (Å²) in [6.07, 6.45) is 0. The van der Waals surface area contributed by atoms with Crippen molar-refractivity contribution in [2.75, 3.05) is 0 Å². The molecule has 1 aromatic rings. The Morgan fingerprint density at radius 3 is 1.80 bits per heavy atom. The number of rotatable bonds is 1. The highest BCUT2D eigenvalue weighted by Crippen LogP contribution is 2.02. The highest BCUT2D eigenvalue weighted by Gasteiger charge is 1.74. The lowest BCUT2D eigenvalue weighted by molar-refractivity contribution is 0.475. The molecular weight excluding hydrogens is 194 g/mol. The van der Waals surface area contributed by atoms with Crippen molar-refractivity contribution >= 4 is 37.2 Å². The molecular formula is C6H9Cl3O. The second-order valence-electron chi connectivity index (χ2n) is 1.31. The molecule has 0 aromatic heterocycles. The number of benzene rings is 1. The fourth-order valence-corrected chi connectivity index (χ4v) is 0.420. The molecule has 0 aliphatic heterocycles. The highest BCUT2D eigenvalue weighted by atomic mass is 35.5. The zero-order chi connectivity index (χ0) is 5.82. The first-order valence-electron chi connectivity index (χ1n) is 2.52. The Morgan fingerprint density at radius 2 is 1.50 bits per heavy atom. The predicted octanol–water partition coefficient (Wildman–Crippen LogP) is 2.66. The van der Waals surface area contributed by atoms with Gasteiger partial charge in [0.2, 0.25) is 0 Å². The molecule has 0 aliphatic carbocycles. The smallest absolute Gasteiger partial charge is 0.293 e. The zero-order valence-electron chi connectivity index (χ0n) is 6.02. The van der Waals surface area contributed by atoms with Gasteiger partial charge in [0.25, 0.3) is 1.43 Å². The van der Waals surface area contributed by atoms with Crippen molar-refractivity contribution < 1.29 is 5.11 Å². The van der Waals surface area contributed by atoms with Crippen molar-refractivity contribution in [3.63, 3.8) is 0 Å². The quantitative estimate of drug-likeness (QED) is 0.747. The minimum Gasteiger partial charge on any atom is -0.508 e. The maximum Gasteiger partial charge on any atom is 0.293 e. The Kier molecular flexibility index (Phi) is 11.2. The second kappa shape index (κ2) is 8.89. The lowest BCUT2D eigenvalue weighted by Gasteiger charge is -1.82. The SMILES string of the molecule is Cl.Cl.Cl.[3H]Oc1ccccc1. The van der Waals surface area contributed by atoms with Gasteiger partial charge in [-0.3, -0.25) is 0 Å². The second-order valence-corrected chi connectivity index (χ2v) is 1.31. The van der Waals surface area contributed by atoms with Crippen molar-refractivity contribution in [3.8, 4) is 5.75 Å².